The summed E-state index contributed by atoms with van der Waals surface area (Å²) in [6.45, 7) is 1.04. The average molecular weight is 382 g/mol. The van der Waals surface area contributed by atoms with Crippen LogP contribution in [0.25, 0.3) is 5.69 Å². The molecule has 0 aliphatic carbocycles. The van der Waals surface area contributed by atoms with Crippen molar-refractivity contribution in [3.05, 3.63) is 53.8 Å². The predicted molar refractivity (Wildman–Crippen MR) is 101 cm³/mol. The maximum Gasteiger partial charge on any atom is 0.276 e. The van der Waals surface area contributed by atoms with Gasteiger partial charge in [-0.15, -0.1) is 16.4 Å². The molecule has 9 heteroatoms. The van der Waals surface area contributed by atoms with E-state index in [1.165, 1.54) is 22.3 Å². The van der Waals surface area contributed by atoms with Crippen LogP contribution in [0.4, 0.5) is 5.13 Å². The number of para-hydroxylation sites is 1. The third-order valence-corrected chi connectivity index (χ3v) is 5.20. The van der Waals surface area contributed by atoms with Crippen molar-refractivity contribution in [2.75, 3.05) is 18.4 Å². The van der Waals surface area contributed by atoms with E-state index in [4.69, 9.17) is 0 Å². The number of anilines is 1. The fraction of sp³-hybridized carbons (Fsp3) is 0.278. The van der Waals surface area contributed by atoms with Crippen LogP contribution in [0.15, 0.2) is 48.1 Å². The van der Waals surface area contributed by atoms with Crippen molar-refractivity contribution in [3.8, 4) is 5.69 Å². The van der Waals surface area contributed by atoms with Gasteiger partial charge in [-0.25, -0.2) is 4.98 Å². The quantitative estimate of drug-likeness (QED) is 0.747. The molecule has 0 bridgehead atoms. The summed E-state index contributed by atoms with van der Waals surface area (Å²) in [5.74, 6) is -0.305. The summed E-state index contributed by atoms with van der Waals surface area (Å²) in [5.41, 5.74) is 1.11. The van der Waals surface area contributed by atoms with Crippen LogP contribution in [0.3, 0.4) is 0 Å². The lowest BCUT2D eigenvalue weighted by Crippen LogP contribution is -2.41. The monoisotopic (exact) mass is 382 g/mol. The van der Waals surface area contributed by atoms with Crippen LogP contribution < -0.4 is 5.32 Å². The van der Waals surface area contributed by atoms with E-state index < -0.39 is 0 Å². The molecule has 2 amide bonds. The number of hydrogen-bond acceptors (Lipinski definition) is 6. The molecule has 0 radical (unpaired) electrons. The van der Waals surface area contributed by atoms with Crippen molar-refractivity contribution in [3.63, 3.8) is 0 Å². The molecule has 0 saturated carbocycles. The maximum atomic E-state index is 12.7. The molecule has 3 heterocycles. The molecule has 4 rings (SSSR count). The second kappa shape index (κ2) is 7.67. The number of benzene rings is 1. The zero-order valence-electron chi connectivity index (χ0n) is 14.5. The molecule has 0 spiro atoms. The number of nitrogens with one attached hydrogen (secondary N) is 1. The van der Waals surface area contributed by atoms with Gasteiger partial charge >= 0.3 is 0 Å². The normalized spacial score (nSPS) is 14.9. The van der Waals surface area contributed by atoms with E-state index >= 15 is 0 Å². The highest BCUT2D eigenvalue weighted by atomic mass is 32.1. The molecular weight excluding hydrogens is 364 g/mol. The van der Waals surface area contributed by atoms with Gasteiger partial charge in [-0.2, -0.15) is 9.90 Å². The summed E-state index contributed by atoms with van der Waals surface area (Å²) in [6.07, 6.45) is 4.38. The molecule has 138 valence electrons. The molecule has 1 fully saturated rings. The number of piperidine rings is 1. The molecule has 27 heavy (non-hydrogen) atoms. The Bertz CT molecular complexity index is 917. The molecule has 8 nitrogen and oxygen atoms in total. The van der Waals surface area contributed by atoms with Gasteiger partial charge in [0.15, 0.2) is 10.8 Å². The van der Waals surface area contributed by atoms with Crippen molar-refractivity contribution in [2.24, 2.45) is 5.92 Å². The number of carbonyl (C=O) groups excluding carboxylic acids is 2. The topological polar surface area (TPSA) is 93.0 Å². The number of nitrogens with zero attached hydrogens (tertiary/aromatic N) is 5. The highest BCUT2D eigenvalue weighted by Gasteiger charge is 2.29. The van der Waals surface area contributed by atoms with E-state index in [-0.39, 0.29) is 17.7 Å². The molecule has 1 aromatic carbocycles. The Morgan fingerprint density at radius 3 is 2.63 bits per heavy atom. The van der Waals surface area contributed by atoms with Crippen molar-refractivity contribution < 1.29 is 9.59 Å². The lowest BCUT2D eigenvalue weighted by molar-refractivity contribution is -0.121. The summed E-state index contributed by atoms with van der Waals surface area (Å²) >= 11 is 1.39. The molecule has 1 N–H and O–H groups in total. The molecule has 2 aromatic heterocycles. The van der Waals surface area contributed by atoms with Gasteiger partial charge in [-0.3, -0.25) is 9.59 Å². The molecular formula is C18H18N6O2S. The minimum atomic E-state index is -0.157. The summed E-state index contributed by atoms with van der Waals surface area (Å²) in [5, 5.41) is 13.7. The molecule has 1 saturated heterocycles. The number of rotatable bonds is 4. The Hall–Kier alpha value is -3.07. The Morgan fingerprint density at radius 2 is 1.93 bits per heavy atom. The van der Waals surface area contributed by atoms with Crippen LogP contribution in [0.5, 0.6) is 0 Å². The fourth-order valence-electron chi connectivity index (χ4n) is 3.05. The van der Waals surface area contributed by atoms with Crippen LogP contribution in [-0.4, -0.2) is 49.8 Å². The smallest absolute Gasteiger partial charge is 0.276 e. The Labute approximate surface area is 159 Å². The van der Waals surface area contributed by atoms with Crippen LogP contribution in [-0.2, 0) is 4.79 Å². The van der Waals surface area contributed by atoms with Gasteiger partial charge in [0.2, 0.25) is 5.91 Å². The van der Waals surface area contributed by atoms with Crippen LogP contribution in [0, 0.1) is 5.92 Å². The SMILES string of the molecule is O=C(Nc1nccs1)C1CCN(C(=O)c2cnn(-c3ccccc3)n2)CC1. The van der Waals surface area contributed by atoms with Crippen molar-refractivity contribution in [1.82, 2.24) is 24.9 Å². The van der Waals surface area contributed by atoms with E-state index in [0.717, 1.165) is 5.69 Å². The summed E-state index contributed by atoms with van der Waals surface area (Å²) < 4.78 is 0. The van der Waals surface area contributed by atoms with E-state index in [9.17, 15) is 9.59 Å². The van der Waals surface area contributed by atoms with Gasteiger partial charge in [0.05, 0.1) is 11.9 Å². The summed E-state index contributed by atoms with van der Waals surface area (Å²) in [6, 6.07) is 9.44. The van der Waals surface area contributed by atoms with Gasteiger partial charge in [-0.1, -0.05) is 18.2 Å². The number of likely N-dealkylation sites (tertiary alicyclic amines) is 1. The Morgan fingerprint density at radius 1 is 1.15 bits per heavy atom. The zero-order valence-corrected chi connectivity index (χ0v) is 15.3. The third-order valence-electron chi connectivity index (χ3n) is 4.51. The minimum absolute atomic E-state index is 0.0351. The van der Waals surface area contributed by atoms with Crippen molar-refractivity contribution in [1.29, 1.82) is 0 Å². The fourth-order valence-corrected chi connectivity index (χ4v) is 3.58. The predicted octanol–water partition coefficient (Wildman–Crippen LogP) is 2.21. The van der Waals surface area contributed by atoms with E-state index in [1.54, 1.807) is 11.1 Å². The zero-order chi connectivity index (χ0) is 18.6. The third kappa shape index (κ3) is 3.87. The van der Waals surface area contributed by atoms with Gasteiger partial charge in [0.1, 0.15) is 0 Å². The molecule has 0 atom stereocenters. The average Bonchev–Trinajstić information content (AvgIpc) is 3.40. The molecule has 3 aromatic rings. The number of aromatic nitrogens is 4. The second-order valence-electron chi connectivity index (χ2n) is 6.25. The first kappa shape index (κ1) is 17.3. The standard InChI is InChI=1S/C18H18N6O2S/c25-16(21-18-19-8-11-27-18)13-6-9-23(10-7-13)17(26)15-12-20-24(22-15)14-4-2-1-3-5-14/h1-5,8,11-13H,6-7,9-10H2,(H,19,21,25). The molecule has 1 aliphatic rings. The largest absolute Gasteiger partial charge is 0.337 e. The minimum Gasteiger partial charge on any atom is -0.337 e. The van der Waals surface area contributed by atoms with E-state index in [1.807, 2.05) is 35.7 Å². The van der Waals surface area contributed by atoms with E-state index in [2.05, 4.69) is 20.5 Å². The first-order chi connectivity index (χ1) is 13.2. The van der Waals surface area contributed by atoms with Crippen molar-refractivity contribution in [2.45, 2.75) is 12.8 Å². The number of thiazole rings is 1. The van der Waals surface area contributed by atoms with Gasteiger partial charge in [0, 0.05) is 30.6 Å². The second-order valence-corrected chi connectivity index (χ2v) is 7.14. The first-order valence-electron chi connectivity index (χ1n) is 8.68. The highest BCUT2D eigenvalue weighted by molar-refractivity contribution is 7.13. The molecule has 1 aliphatic heterocycles. The lowest BCUT2D eigenvalue weighted by Gasteiger charge is -2.30. The summed E-state index contributed by atoms with van der Waals surface area (Å²) in [7, 11) is 0. The maximum absolute atomic E-state index is 12.7. The number of amides is 2. The highest BCUT2D eigenvalue weighted by Crippen LogP contribution is 2.21. The van der Waals surface area contributed by atoms with Gasteiger partial charge in [-0.05, 0) is 25.0 Å². The van der Waals surface area contributed by atoms with Gasteiger partial charge < -0.3 is 10.2 Å². The van der Waals surface area contributed by atoms with Gasteiger partial charge in [0.25, 0.3) is 5.91 Å². The Balaban J connectivity index is 1.35. The van der Waals surface area contributed by atoms with Crippen molar-refractivity contribution >= 4 is 28.3 Å². The Kier molecular flexibility index (Phi) is 4.93. The summed E-state index contributed by atoms with van der Waals surface area (Å²) in [4.78, 5) is 32.2. The van der Waals surface area contributed by atoms with Crippen LogP contribution in [0.2, 0.25) is 0 Å². The number of hydrogen-bond donors (Lipinski definition) is 1. The number of carbonyl (C=O) groups is 2. The first-order valence-corrected chi connectivity index (χ1v) is 9.56. The molecule has 0 unspecified atom stereocenters. The van der Waals surface area contributed by atoms with Crippen LogP contribution >= 0.6 is 11.3 Å². The van der Waals surface area contributed by atoms with E-state index in [0.29, 0.717) is 36.8 Å². The lowest BCUT2D eigenvalue weighted by atomic mass is 9.96. The van der Waals surface area contributed by atoms with Crippen LogP contribution in [0.1, 0.15) is 23.3 Å².